The van der Waals surface area contributed by atoms with E-state index in [0.29, 0.717) is 0 Å². The predicted octanol–water partition coefficient (Wildman–Crippen LogP) is 3.90. The minimum absolute atomic E-state index is 0.0220. The van der Waals surface area contributed by atoms with Crippen LogP contribution in [0.15, 0.2) is 42.5 Å². The first-order valence-electron chi connectivity index (χ1n) is 6.88. The lowest BCUT2D eigenvalue weighted by atomic mass is 9.83. The van der Waals surface area contributed by atoms with Crippen LogP contribution in [-0.2, 0) is 0 Å². The third kappa shape index (κ3) is 1.46. The van der Waals surface area contributed by atoms with Crippen LogP contribution in [0, 0.1) is 5.92 Å². The van der Waals surface area contributed by atoms with Gasteiger partial charge in [-0.3, -0.25) is 0 Å². The summed E-state index contributed by atoms with van der Waals surface area (Å²) in [7, 11) is 1.67. The lowest BCUT2D eigenvalue weighted by Crippen LogP contribution is -2.35. The van der Waals surface area contributed by atoms with Gasteiger partial charge >= 0.3 is 0 Å². The molecule has 3 nitrogen and oxygen atoms in total. The molecule has 2 aliphatic heterocycles. The Kier molecular flexibility index (Phi) is 2.43. The van der Waals surface area contributed by atoms with Crippen molar-refractivity contribution in [3.63, 3.8) is 0 Å². The van der Waals surface area contributed by atoms with Crippen molar-refractivity contribution < 1.29 is 14.2 Å². The molecule has 2 bridgehead atoms. The summed E-state index contributed by atoms with van der Waals surface area (Å²) < 4.78 is 17.9. The van der Waals surface area contributed by atoms with E-state index < -0.39 is 0 Å². The Balaban J connectivity index is 1.89. The van der Waals surface area contributed by atoms with E-state index in [2.05, 4.69) is 19.1 Å². The zero-order chi connectivity index (χ0) is 13.7. The molecule has 2 aliphatic rings. The van der Waals surface area contributed by atoms with E-state index >= 15 is 0 Å². The van der Waals surface area contributed by atoms with Crippen LogP contribution in [0.1, 0.15) is 30.3 Å². The second-order valence-corrected chi connectivity index (χ2v) is 5.35. The van der Waals surface area contributed by atoms with Gasteiger partial charge in [0.05, 0.1) is 7.11 Å². The number of ether oxygens (including phenoxy) is 3. The highest BCUT2D eigenvalue weighted by Crippen LogP contribution is 2.54. The summed E-state index contributed by atoms with van der Waals surface area (Å²) in [6.45, 7) is 2.17. The maximum atomic E-state index is 6.26. The zero-order valence-electron chi connectivity index (χ0n) is 11.5. The van der Waals surface area contributed by atoms with E-state index in [1.807, 2.05) is 30.3 Å². The summed E-state index contributed by atoms with van der Waals surface area (Å²) in [5, 5.41) is 0. The van der Waals surface area contributed by atoms with Crippen LogP contribution in [-0.4, -0.2) is 7.11 Å². The highest BCUT2D eigenvalue weighted by molar-refractivity contribution is 5.52. The fraction of sp³-hybridized carbons (Fsp3) is 0.294. The number of hydrogen-bond donors (Lipinski definition) is 0. The molecule has 0 spiro atoms. The number of methoxy groups -OCH3 is 1. The topological polar surface area (TPSA) is 27.7 Å². The minimum atomic E-state index is 0.0220. The molecular formula is C17H16O3. The summed E-state index contributed by atoms with van der Waals surface area (Å²) in [6.07, 6.45) is 0.0440. The van der Waals surface area contributed by atoms with E-state index in [0.717, 1.165) is 28.4 Å². The number of hydrogen-bond acceptors (Lipinski definition) is 3. The molecule has 3 heteroatoms. The Morgan fingerprint density at radius 3 is 2.50 bits per heavy atom. The highest BCUT2D eigenvalue weighted by atomic mass is 16.5. The molecule has 4 rings (SSSR count). The fourth-order valence-corrected chi connectivity index (χ4v) is 3.20. The van der Waals surface area contributed by atoms with Crippen molar-refractivity contribution in [2.75, 3.05) is 7.11 Å². The van der Waals surface area contributed by atoms with Crippen molar-refractivity contribution >= 4 is 0 Å². The van der Waals surface area contributed by atoms with Crippen molar-refractivity contribution in [2.24, 2.45) is 5.92 Å². The second kappa shape index (κ2) is 4.17. The van der Waals surface area contributed by atoms with Crippen LogP contribution in [0.4, 0.5) is 0 Å². The standard InChI is InChI=1S/C17H16O3/c1-10-15-11-6-3-4-8-13(11)19-16(10)12-7-5-9-14(18-2)17(12)20-15/h3-10,15-16H,1-2H3/t10-,15-,16+/m1/s1. The molecule has 0 N–H and O–H groups in total. The van der Waals surface area contributed by atoms with Crippen LogP contribution >= 0.6 is 0 Å². The summed E-state index contributed by atoms with van der Waals surface area (Å²) in [4.78, 5) is 0. The Bertz CT molecular complexity index is 665. The quantitative estimate of drug-likeness (QED) is 0.785. The lowest BCUT2D eigenvalue weighted by molar-refractivity contribution is -0.00450. The molecule has 0 amide bonds. The number of benzene rings is 2. The van der Waals surface area contributed by atoms with Gasteiger partial charge in [-0.05, 0) is 12.1 Å². The highest BCUT2D eigenvalue weighted by Gasteiger charge is 2.43. The Morgan fingerprint density at radius 1 is 0.900 bits per heavy atom. The molecule has 102 valence electrons. The molecule has 0 fully saturated rings. The van der Waals surface area contributed by atoms with Crippen molar-refractivity contribution in [1.82, 2.24) is 0 Å². The number of fused-ring (bicyclic) bond motifs is 6. The van der Waals surface area contributed by atoms with Gasteiger partial charge in [0.15, 0.2) is 11.5 Å². The van der Waals surface area contributed by atoms with Gasteiger partial charge in [-0.25, -0.2) is 0 Å². The molecular weight excluding hydrogens is 252 g/mol. The first-order chi connectivity index (χ1) is 9.79. The van der Waals surface area contributed by atoms with Crippen LogP contribution in [0.25, 0.3) is 0 Å². The Hall–Kier alpha value is -2.16. The van der Waals surface area contributed by atoms with E-state index in [-0.39, 0.29) is 18.1 Å². The molecule has 2 aromatic carbocycles. The molecule has 0 radical (unpaired) electrons. The molecule has 20 heavy (non-hydrogen) atoms. The van der Waals surface area contributed by atoms with Gasteiger partial charge in [0.1, 0.15) is 18.0 Å². The summed E-state index contributed by atoms with van der Waals surface area (Å²) in [5.74, 6) is 2.79. The van der Waals surface area contributed by atoms with Crippen molar-refractivity contribution in [3.05, 3.63) is 53.6 Å². The van der Waals surface area contributed by atoms with Gasteiger partial charge in [-0.1, -0.05) is 37.3 Å². The van der Waals surface area contributed by atoms with Gasteiger partial charge in [0, 0.05) is 17.0 Å². The van der Waals surface area contributed by atoms with Crippen LogP contribution in [0.2, 0.25) is 0 Å². The third-order valence-electron chi connectivity index (χ3n) is 4.22. The predicted molar refractivity (Wildman–Crippen MR) is 75.3 cm³/mol. The van der Waals surface area contributed by atoms with Gasteiger partial charge in [-0.2, -0.15) is 0 Å². The largest absolute Gasteiger partial charge is 0.493 e. The van der Waals surface area contributed by atoms with Gasteiger partial charge in [0.25, 0.3) is 0 Å². The summed E-state index contributed by atoms with van der Waals surface area (Å²) in [5.41, 5.74) is 2.19. The van der Waals surface area contributed by atoms with E-state index in [1.54, 1.807) is 7.11 Å². The number of rotatable bonds is 1. The van der Waals surface area contributed by atoms with E-state index in [4.69, 9.17) is 14.2 Å². The molecule has 0 saturated carbocycles. The average molecular weight is 268 g/mol. The fourth-order valence-electron chi connectivity index (χ4n) is 3.20. The van der Waals surface area contributed by atoms with Crippen LogP contribution in [0.5, 0.6) is 17.2 Å². The van der Waals surface area contributed by atoms with Gasteiger partial charge in [0.2, 0.25) is 0 Å². The maximum Gasteiger partial charge on any atom is 0.169 e. The maximum absolute atomic E-state index is 6.26. The lowest BCUT2D eigenvalue weighted by Gasteiger charge is -2.43. The van der Waals surface area contributed by atoms with E-state index in [9.17, 15) is 0 Å². The Labute approximate surface area is 118 Å². The second-order valence-electron chi connectivity index (χ2n) is 5.35. The molecule has 0 aliphatic carbocycles. The smallest absolute Gasteiger partial charge is 0.169 e. The first kappa shape index (κ1) is 11.6. The minimum Gasteiger partial charge on any atom is -0.493 e. The summed E-state index contributed by atoms with van der Waals surface area (Å²) in [6, 6.07) is 14.1. The van der Waals surface area contributed by atoms with Crippen molar-refractivity contribution in [2.45, 2.75) is 19.1 Å². The van der Waals surface area contributed by atoms with Crippen molar-refractivity contribution in [1.29, 1.82) is 0 Å². The molecule has 2 heterocycles. The van der Waals surface area contributed by atoms with Crippen molar-refractivity contribution in [3.8, 4) is 17.2 Å². The van der Waals surface area contributed by atoms with Gasteiger partial charge < -0.3 is 14.2 Å². The third-order valence-corrected chi connectivity index (χ3v) is 4.22. The zero-order valence-corrected chi connectivity index (χ0v) is 11.5. The molecule has 2 aromatic rings. The molecule has 0 unspecified atom stereocenters. The van der Waals surface area contributed by atoms with Crippen LogP contribution in [0.3, 0.4) is 0 Å². The van der Waals surface area contributed by atoms with Crippen LogP contribution < -0.4 is 14.2 Å². The Morgan fingerprint density at radius 2 is 1.65 bits per heavy atom. The number of para-hydroxylation sites is 2. The summed E-state index contributed by atoms with van der Waals surface area (Å²) >= 11 is 0. The van der Waals surface area contributed by atoms with Gasteiger partial charge in [-0.15, -0.1) is 0 Å². The SMILES string of the molecule is COc1cccc2c1O[C@H]1c3ccccc3O[C@H]2[C@@H]1C. The average Bonchev–Trinajstić information content (AvgIpc) is 2.48. The normalized spacial score (nSPS) is 25.8. The first-order valence-corrected chi connectivity index (χ1v) is 6.88. The molecule has 0 aromatic heterocycles. The monoisotopic (exact) mass is 268 g/mol. The molecule has 3 atom stereocenters. The molecule has 0 saturated heterocycles. The van der Waals surface area contributed by atoms with E-state index in [1.165, 1.54) is 0 Å².